The Morgan fingerprint density at radius 1 is 1.11 bits per heavy atom. The standard InChI is InChI=1S/C16H33N3/c1-3-5-14-6-4-7-15(9-8-14)19-11-10-18(2)13-16(19)12-17/h14-16H,3-13,17H2,1-2H3. The minimum Gasteiger partial charge on any atom is -0.329 e. The summed E-state index contributed by atoms with van der Waals surface area (Å²) < 4.78 is 0. The van der Waals surface area contributed by atoms with Gasteiger partial charge in [-0.15, -0.1) is 0 Å². The third kappa shape index (κ3) is 4.17. The number of piperazine rings is 1. The Kier molecular flexibility index (Phi) is 6.11. The topological polar surface area (TPSA) is 32.5 Å². The van der Waals surface area contributed by atoms with Crippen LogP contribution in [0.25, 0.3) is 0 Å². The fraction of sp³-hybridized carbons (Fsp3) is 1.00. The zero-order valence-corrected chi connectivity index (χ0v) is 13.0. The number of likely N-dealkylation sites (N-methyl/N-ethyl adjacent to an activating group) is 1. The van der Waals surface area contributed by atoms with Gasteiger partial charge in [-0.1, -0.05) is 32.6 Å². The summed E-state index contributed by atoms with van der Waals surface area (Å²) in [7, 11) is 2.23. The second kappa shape index (κ2) is 7.61. The maximum atomic E-state index is 6.01. The molecule has 3 atom stereocenters. The Hall–Kier alpha value is -0.120. The summed E-state index contributed by atoms with van der Waals surface area (Å²) in [5, 5.41) is 0. The van der Waals surface area contributed by atoms with E-state index in [2.05, 4.69) is 23.8 Å². The molecule has 2 aliphatic rings. The Morgan fingerprint density at radius 3 is 2.68 bits per heavy atom. The van der Waals surface area contributed by atoms with E-state index in [1.165, 1.54) is 58.0 Å². The molecule has 0 amide bonds. The Balaban J connectivity index is 1.89. The SMILES string of the molecule is CCCC1CCCC(N2CCN(C)CC2CN)CC1. The molecule has 1 saturated carbocycles. The van der Waals surface area contributed by atoms with Gasteiger partial charge in [0.2, 0.25) is 0 Å². The lowest BCUT2D eigenvalue weighted by Gasteiger charge is -2.44. The van der Waals surface area contributed by atoms with Crippen LogP contribution in [0, 0.1) is 5.92 Å². The summed E-state index contributed by atoms with van der Waals surface area (Å²) in [6.45, 7) is 6.74. The first kappa shape index (κ1) is 15.3. The predicted molar refractivity (Wildman–Crippen MR) is 82.3 cm³/mol. The van der Waals surface area contributed by atoms with Crippen LogP contribution in [-0.2, 0) is 0 Å². The summed E-state index contributed by atoms with van der Waals surface area (Å²) in [5.41, 5.74) is 6.01. The highest BCUT2D eigenvalue weighted by Gasteiger charge is 2.31. The normalized spacial score (nSPS) is 35.2. The summed E-state index contributed by atoms with van der Waals surface area (Å²) in [6.07, 6.45) is 9.95. The van der Waals surface area contributed by atoms with Gasteiger partial charge in [0, 0.05) is 38.3 Å². The van der Waals surface area contributed by atoms with Gasteiger partial charge in [-0.3, -0.25) is 4.90 Å². The zero-order chi connectivity index (χ0) is 13.7. The first-order chi connectivity index (χ1) is 9.24. The lowest BCUT2D eigenvalue weighted by atomic mass is 9.95. The van der Waals surface area contributed by atoms with Crippen LogP contribution >= 0.6 is 0 Å². The van der Waals surface area contributed by atoms with Gasteiger partial charge in [0.15, 0.2) is 0 Å². The molecule has 0 aromatic carbocycles. The number of hydrogen-bond acceptors (Lipinski definition) is 3. The molecule has 0 aromatic heterocycles. The Morgan fingerprint density at radius 2 is 1.95 bits per heavy atom. The van der Waals surface area contributed by atoms with Crippen molar-refractivity contribution in [2.45, 2.75) is 64.0 Å². The second-order valence-electron chi connectivity index (χ2n) is 6.71. The van der Waals surface area contributed by atoms with Crippen LogP contribution in [0.5, 0.6) is 0 Å². The van der Waals surface area contributed by atoms with Crippen LogP contribution in [0.2, 0.25) is 0 Å². The van der Waals surface area contributed by atoms with E-state index in [4.69, 9.17) is 5.73 Å². The summed E-state index contributed by atoms with van der Waals surface area (Å²) in [4.78, 5) is 5.18. The van der Waals surface area contributed by atoms with E-state index >= 15 is 0 Å². The molecule has 1 saturated heterocycles. The molecule has 0 bridgehead atoms. The van der Waals surface area contributed by atoms with E-state index in [1.807, 2.05) is 0 Å². The third-order valence-electron chi connectivity index (χ3n) is 5.23. The minimum absolute atomic E-state index is 0.589. The molecule has 3 heteroatoms. The number of nitrogens with two attached hydrogens (primary N) is 1. The van der Waals surface area contributed by atoms with E-state index in [0.29, 0.717) is 6.04 Å². The lowest BCUT2D eigenvalue weighted by Crippen LogP contribution is -2.58. The van der Waals surface area contributed by atoms with Crippen molar-refractivity contribution < 1.29 is 0 Å². The molecule has 1 heterocycles. The highest BCUT2D eigenvalue weighted by molar-refractivity contribution is 4.88. The first-order valence-corrected chi connectivity index (χ1v) is 8.39. The maximum absolute atomic E-state index is 6.01. The molecule has 0 radical (unpaired) electrons. The van der Waals surface area contributed by atoms with Gasteiger partial charge in [-0.05, 0) is 32.2 Å². The van der Waals surface area contributed by atoms with Gasteiger partial charge in [-0.25, -0.2) is 0 Å². The van der Waals surface area contributed by atoms with Gasteiger partial charge in [-0.2, -0.15) is 0 Å². The lowest BCUT2D eigenvalue weighted by molar-refractivity contribution is 0.0495. The smallest absolute Gasteiger partial charge is 0.0349 e. The van der Waals surface area contributed by atoms with E-state index in [-0.39, 0.29) is 0 Å². The third-order valence-corrected chi connectivity index (χ3v) is 5.23. The van der Waals surface area contributed by atoms with Gasteiger partial charge >= 0.3 is 0 Å². The fourth-order valence-corrected chi connectivity index (χ4v) is 4.10. The molecule has 3 unspecified atom stereocenters. The summed E-state index contributed by atoms with van der Waals surface area (Å²) >= 11 is 0. The van der Waals surface area contributed by atoms with Crippen molar-refractivity contribution >= 4 is 0 Å². The monoisotopic (exact) mass is 267 g/mol. The van der Waals surface area contributed by atoms with Crippen molar-refractivity contribution in [1.82, 2.24) is 9.80 Å². The molecule has 112 valence electrons. The largest absolute Gasteiger partial charge is 0.329 e. The van der Waals surface area contributed by atoms with E-state index in [0.717, 1.165) is 25.0 Å². The van der Waals surface area contributed by atoms with E-state index < -0.39 is 0 Å². The van der Waals surface area contributed by atoms with Crippen molar-refractivity contribution in [3.63, 3.8) is 0 Å². The minimum atomic E-state index is 0.589. The molecule has 3 nitrogen and oxygen atoms in total. The van der Waals surface area contributed by atoms with Crippen molar-refractivity contribution in [3.05, 3.63) is 0 Å². The van der Waals surface area contributed by atoms with Crippen LogP contribution in [0.15, 0.2) is 0 Å². The van der Waals surface area contributed by atoms with Crippen LogP contribution in [0.4, 0.5) is 0 Å². The number of hydrogen-bond donors (Lipinski definition) is 1. The first-order valence-electron chi connectivity index (χ1n) is 8.39. The van der Waals surface area contributed by atoms with Crippen molar-refractivity contribution in [2.75, 3.05) is 33.2 Å². The van der Waals surface area contributed by atoms with Crippen molar-refractivity contribution in [3.8, 4) is 0 Å². The number of nitrogens with zero attached hydrogens (tertiary/aromatic N) is 2. The van der Waals surface area contributed by atoms with Gasteiger partial charge in [0.05, 0.1) is 0 Å². The second-order valence-corrected chi connectivity index (χ2v) is 6.71. The highest BCUT2D eigenvalue weighted by Crippen LogP contribution is 2.30. The Bertz CT molecular complexity index is 256. The van der Waals surface area contributed by atoms with Gasteiger partial charge in [0.25, 0.3) is 0 Å². The Labute approximate surface area is 119 Å². The molecular formula is C16H33N3. The molecule has 2 rings (SSSR count). The summed E-state index contributed by atoms with van der Waals surface area (Å²) in [6, 6.07) is 1.40. The van der Waals surface area contributed by atoms with Crippen LogP contribution in [-0.4, -0.2) is 55.1 Å². The molecule has 19 heavy (non-hydrogen) atoms. The molecule has 2 fully saturated rings. The molecule has 0 spiro atoms. The average Bonchev–Trinajstić information content (AvgIpc) is 2.65. The van der Waals surface area contributed by atoms with Crippen LogP contribution < -0.4 is 5.73 Å². The number of rotatable bonds is 4. The average molecular weight is 267 g/mol. The summed E-state index contributed by atoms with van der Waals surface area (Å²) in [5.74, 6) is 0.999. The molecule has 2 N–H and O–H groups in total. The van der Waals surface area contributed by atoms with Gasteiger partial charge < -0.3 is 10.6 Å². The van der Waals surface area contributed by atoms with Crippen LogP contribution in [0.1, 0.15) is 51.9 Å². The molecular weight excluding hydrogens is 234 g/mol. The molecule has 1 aliphatic carbocycles. The maximum Gasteiger partial charge on any atom is 0.0349 e. The van der Waals surface area contributed by atoms with E-state index in [9.17, 15) is 0 Å². The quantitative estimate of drug-likeness (QED) is 0.793. The van der Waals surface area contributed by atoms with Crippen molar-refractivity contribution in [1.29, 1.82) is 0 Å². The zero-order valence-electron chi connectivity index (χ0n) is 13.0. The highest BCUT2D eigenvalue weighted by atomic mass is 15.3. The van der Waals surface area contributed by atoms with Crippen LogP contribution in [0.3, 0.4) is 0 Å². The predicted octanol–water partition coefficient (Wildman–Crippen LogP) is 2.31. The van der Waals surface area contributed by atoms with Crippen molar-refractivity contribution in [2.24, 2.45) is 11.7 Å². The fourth-order valence-electron chi connectivity index (χ4n) is 4.10. The van der Waals surface area contributed by atoms with Gasteiger partial charge in [0.1, 0.15) is 0 Å². The molecule has 1 aliphatic heterocycles. The van der Waals surface area contributed by atoms with E-state index in [1.54, 1.807) is 0 Å². The molecule has 0 aromatic rings.